The number of hydrogen-bond acceptors (Lipinski definition) is 2. The van der Waals surface area contributed by atoms with E-state index in [4.69, 9.17) is 5.11 Å². The maximum atomic E-state index is 12.5. The van der Waals surface area contributed by atoms with Crippen LogP contribution in [0.4, 0.5) is 0 Å². The molecule has 0 bridgehead atoms. The maximum absolute atomic E-state index is 12.5. The highest BCUT2D eigenvalue weighted by Gasteiger charge is 2.31. The third-order valence-corrected chi connectivity index (χ3v) is 5.34. The van der Waals surface area contributed by atoms with Crippen LogP contribution in [0.15, 0.2) is 42.0 Å². The summed E-state index contributed by atoms with van der Waals surface area (Å²) in [5.41, 5.74) is 2.69. The van der Waals surface area contributed by atoms with E-state index in [0.29, 0.717) is 24.2 Å². The average molecular weight is 313 g/mol. The van der Waals surface area contributed by atoms with Crippen molar-refractivity contribution in [3.63, 3.8) is 0 Å². The fourth-order valence-electron chi connectivity index (χ4n) is 3.96. The van der Waals surface area contributed by atoms with Crippen molar-refractivity contribution in [2.75, 3.05) is 19.7 Å². The number of rotatable bonds is 5. The smallest absolute Gasteiger partial charge is 0.222 e. The van der Waals surface area contributed by atoms with E-state index in [2.05, 4.69) is 35.2 Å². The molecule has 1 amide bonds. The largest absolute Gasteiger partial charge is 0.396 e. The van der Waals surface area contributed by atoms with Crippen molar-refractivity contribution in [3.8, 4) is 0 Å². The minimum Gasteiger partial charge on any atom is -0.396 e. The van der Waals surface area contributed by atoms with Crippen molar-refractivity contribution >= 4 is 5.91 Å². The van der Waals surface area contributed by atoms with Crippen LogP contribution in [0.2, 0.25) is 0 Å². The van der Waals surface area contributed by atoms with E-state index < -0.39 is 0 Å². The second-order valence-electron chi connectivity index (χ2n) is 6.88. The molecule has 1 saturated heterocycles. The highest BCUT2D eigenvalue weighted by Crippen LogP contribution is 2.35. The van der Waals surface area contributed by atoms with Crippen LogP contribution >= 0.6 is 0 Å². The van der Waals surface area contributed by atoms with Gasteiger partial charge in [-0.05, 0) is 49.5 Å². The molecular weight excluding hydrogens is 286 g/mol. The summed E-state index contributed by atoms with van der Waals surface area (Å²) < 4.78 is 0. The normalized spacial score (nSPS) is 24.8. The molecule has 0 spiro atoms. The van der Waals surface area contributed by atoms with E-state index in [0.717, 1.165) is 45.2 Å². The van der Waals surface area contributed by atoms with Gasteiger partial charge in [0.2, 0.25) is 5.91 Å². The van der Waals surface area contributed by atoms with E-state index in [1.54, 1.807) is 0 Å². The predicted molar refractivity (Wildman–Crippen MR) is 92.0 cm³/mol. The van der Waals surface area contributed by atoms with Crippen LogP contribution in [-0.4, -0.2) is 35.6 Å². The Kier molecular flexibility index (Phi) is 5.50. The van der Waals surface area contributed by atoms with E-state index in [-0.39, 0.29) is 6.61 Å². The summed E-state index contributed by atoms with van der Waals surface area (Å²) in [6.45, 7) is 1.98. The molecule has 1 aliphatic heterocycles. The summed E-state index contributed by atoms with van der Waals surface area (Å²) >= 11 is 0. The van der Waals surface area contributed by atoms with Crippen molar-refractivity contribution in [1.82, 2.24) is 4.90 Å². The number of fused-ring (bicyclic) bond motifs is 1. The van der Waals surface area contributed by atoms with Gasteiger partial charge in [0.15, 0.2) is 0 Å². The Balaban J connectivity index is 1.62. The molecule has 0 saturated carbocycles. The van der Waals surface area contributed by atoms with Gasteiger partial charge in [-0.1, -0.05) is 42.0 Å². The number of aliphatic hydroxyl groups is 1. The second-order valence-corrected chi connectivity index (χ2v) is 6.88. The molecule has 3 heteroatoms. The van der Waals surface area contributed by atoms with Gasteiger partial charge in [-0.3, -0.25) is 4.79 Å². The lowest BCUT2D eigenvalue weighted by molar-refractivity contribution is -0.131. The molecule has 2 atom stereocenters. The monoisotopic (exact) mass is 313 g/mol. The van der Waals surface area contributed by atoms with Crippen molar-refractivity contribution in [3.05, 3.63) is 47.5 Å². The molecule has 0 aromatic heterocycles. The molecule has 0 radical (unpaired) electrons. The Morgan fingerprint density at radius 3 is 2.70 bits per heavy atom. The number of carbonyl (C=O) groups is 1. The third-order valence-electron chi connectivity index (χ3n) is 5.34. The number of carbonyl (C=O) groups excluding carboxylic acids is 1. The van der Waals surface area contributed by atoms with Gasteiger partial charge in [-0.2, -0.15) is 0 Å². The summed E-state index contributed by atoms with van der Waals surface area (Å²) in [7, 11) is 0. The summed E-state index contributed by atoms with van der Waals surface area (Å²) in [5.74, 6) is 1.43. The van der Waals surface area contributed by atoms with Crippen LogP contribution in [0.5, 0.6) is 0 Å². The Hall–Kier alpha value is -1.61. The topological polar surface area (TPSA) is 40.5 Å². The zero-order valence-electron chi connectivity index (χ0n) is 13.8. The number of likely N-dealkylation sites (tertiary alicyclic amines) is 1. The van der Waals surface area contributed by atoms with Gasteiger partial charge >= 0.3 is 0 Å². The lowest BCUT2D eigenvalue weighted by Gasteiger charge is -2.31. The SMILES string of the molecule is O=C1CCC2C=C(CCO)CCC2CN1CCc1ccccc1. The minimum atomic E-state index is 0.241. The number of allylic oxidation sites excluding steroid dienone is 1. The zero-order chi connectivity index (χ0) is 16.1. The lowest BCUT2D eigenvalue weighted by Crippen LogP contribution is -2.36. The Bertz CT molecular complexity index is 552. The average Bonchev–Trinajstić information content (AvgIpc) is 2.73. The van der Waals surface area contributed by atoms with E-state index in [1.165, 1.54) is 11.1 Å². The Morgan fingerprint density at radius 2 is 1.91 bits per heavy atom. The summed E-state index contributed by atoms with van der Waals surface area (Å²) in [6.07, 6.45) is 7.98. The van der Waals surface area contributed by atoms with Crippen LogP contribution in [-0.2, 0) is 11.2 Å². The first-order chi connectivity index (χ1) is 11.3. The molecule has 2 unspecified atom stereocenters. The predicted octanol–water partition coefficient (Wildman–Crippen LogP) is 3.19. The third kappa shape index (κ3) is 4.23. The fraction of sp³-hybridized carbons (Fsp3) is 0.550. The minimum absolute atomic E-state index is 0.241. The van der Waals surface area contributed by atoms with Crippen LogP contribution in [0, 0.1) is 11.8 Å². The molecule has 1 aromatic rings. The number of benzene rings is 1. The molecule has 1 fully saturated rings. The van der Waals surface area contributed by atoms with Crippen molar-refractivity contribution in [2.45, 2.75) is 38.5 Å². The highest BCUT2D eigenvalue weighted by molar-refractivity contribution is 5.76. The first-order valence-electron chi connectivity index (χ1n) is 8.88. The molecule has 3 nitrogen and oxygen atoms in total. The van der Waals surface area contributed by atoms with E-state index in [1.807, 2.05) is 6.07 Å². The second kappa shape index (κ2) is 7.78. The van der Waals surface area contributed by atoms with Crippen LogP contribution in [0.3, 0.4) is 0 Å². The first-order valence-corrected chi connectivity index (χ1v) is 8.88. The summed E-state index contributed by atoms with van der Waals surface area (Å²) in [6, 6.07) is 10.4. The number of hydrogen-bond donors (Lipinski definition) is 1. The van der Waals surface area contributed by atoms with Gasteiger partial charge in [0.1, 0.15) is 0 Å². The fourth-order valence-corrected chi connectivity index (χ4v) is 3.96. The molecule has 1 N–H and O–H groups in total. The first kappa shape index (κ1) is 16.3. The van der Waals surface area contributed by atoms with Gasteiger partial charge in [0.25, 0.3) is 0 Å². The zero-order valence-corrected chi connectivity index (χ0v) is 13.8. The number of aliphatic hydroxyl groups excluding tert-OH is 1. The Labute approximate surface area is 139 Å². The van der Waals surface area contributed by atoms with Crippen LogP contribution < -0.4 is 0 Å². The molecular formula is C20H27NO2. The Morgan fingerprint density at radius 1 is 1.09 bits per heavy atom. The van der Waals surface area contributed by atoms with Crippen LogP contribution in [0.1, 0.15) is 37.7 Å². The molecule has 1 aromatic carbocycles. The van der Waals surface area contributed by atoms with E-state index >= 15 is 0 Å². The summed E-state index contributed by atoms with van der Waals surface area (Å²) in [4.78, 5) is 14.5. The standard InChI is InChI=1S/C20H27NO2/c22-13-11-17-6-7-19-15-21(20(23)9-8-18(19)14-17)12-10-16-4-2-1-3-5-16/h1-5,14,18-19,22H,6-13,15H2. The quantitative estimate of drug-likeness (QED) is 0.848. The highest BCUT2D eigenvalue weighted by atomic mass is 16.3. The van der Waals surface area contributed by atoms with E-state index in [9.17, 15) is 4.79 Å². The lowest BCUT2D eigenvalue weighted by atomic mass is 9.78. The van der Waals surface area contributed by atoms with Gasteiger partial charge in [-0.15, -0.1) is 0 Å². The van der Waals surface area contributed by atoms with Crippen molar-refractivity contribution in [1.29, 1.82) is 0 Å². The van der Waals surface area contributed by atoms with Gasteiger partial charge < -0.3 is 10.0 Å². The maximum Gasteiger partial charge on any atom is 0.222 e. The molecule has 2 aliphatic rings. The molecule has 23 heavy (non-hydrogen) atoms. The van der Waals surface area contributed by atoms with Gasteiger partial charge in [0, 0.05) is 26.1 Å². The molecule has 124 valence electrons. The molecule has 1 aliphatic carbocycles. The van der Waals surface area contributed by atoms with Crippen molar-refractivity contribution < 1.29 is 9.90 Å². The van der Waals surface area contributed by atoms with Gasteiger partial charge in [0.05, 0.1) is 0 Å². The molecule has 3 rings (SSSR count). The number of nitrogens with zero attached hydrogens (tertiary/aromatic N) is 1. The van der Waals surface area contributed by atoms with Crippen LogP contribution in [0.25, 0.3) is 0 Å². The van der Waals surface area contributed by atoms with Gasteiger partial charge in [-0.25, -0.2) is 0 Å². The van der Waals surface area contributed by atoms with Crippen molar-refractivity contribution in [2.24, 2.45) is 11.8 Å². The number of amides is 1. The molecule has 1 heterocycles. The summed E-state index contributed by atoms with van der Waals surface area (Å²) in [5, 5.41) is 9.13.